The van der Waals surface area contributed by atoms with Crippen molar-refractivity contribution >= 4 is 11.5 Å². The molecule has 6 heteroatoms. The minimum Gasteiger partial charge on any atom is -0.409 e. The van der Waals surface area contributed by atoms with E-state index in [1.807, 2.05) is 6.07 Å². The van der Waals surface area contributed by atoms with Gasteiger partial charge in [0.1, 0.15) is 5.69 Å². The largest absolute Gasteiger partial charge is 0.409 e. The first kappa shape index (κ1) is 14.2. The molecule has 1 heterocycles. The lowest BCUT2D eigenvalue weighted by molar-refractivity contribution is 0.182. The third kappa shape index (κ3) is 3.33. The molecule has 0 saturated carbocycles. The monoisotopic (exact) mass is 252 g/mol. The summed E-state index contributed by atoms with van der Waals surface area (Å²) in [6, 6.07) is 3.93. The molecule has 0 bridgehead atoms. The van der Waals surface area contributed by atoms with Gasteiger partial charge in [-0.25, -0.2) is 0 Å². The van der Waals surface area contributed by atoms with E-state index in [4.69, 9.17) is 15.7 Å². The van der Waals surface area contributed by atoms with Crippen LogP contribution in [0.1, 0.15) is 19.5 Å². The van der Waals surface area contributed by atoms with Crippen LogP contribution in [-0.4, -0.2) is 42.3 Å². The third-order valence-electron chi connectivity index (χ3n) is 2.73. The maximum Gasteiger partial charge on any atom is 0.188 e. The molecule has 0 aliphatic carbocycles. The minimum atomic E-state index is 0.00676. The number of anilines is 1. The summed E-state index contributed by atoms with van der Waals surface area (Å²) in [4.78, 5) is 6.22. The molecule has 18 heavy (non-hydrogen) atoms. The van der Waals surface area contributed by atoms with Gasteiger partial charge in [0.05, 0.1) is 6.61 Å². The Labute approximate surface area is 107 Å². The molecular weight excluding hydrogens is 232 g/mol. The third-order valence-corrected chi connectivity index (χ3v) is 2.73. The summed E-state index contributed by atoms with van der Waals surface area (Å²) in [6.45, 7) is 5.62. The van der Waals surface area contributed by atoms with E-state index >= 15 is 0 Å². The topological polar surface area (TPSA) is 84.0 Å². The Bertz CT molecular complexity index is 409. The molecule has 0 amide bonds. The Morgan fingerprint density at radius 3 is 2.94 bits per heavy atom. The molecule has 0 aromatic carbocycles. The minimum absolute atomic E-state index is 0.00676. The summed E-state index contributed by atoms with van der Waals surface area (Å²) in [5.41, 5.74) is 6.96. The number of ether oxygens (including phenoxy) is 1. The van der Waals surface area contributed by atoms with Gasteiger partial charge >= 0.3 is 0 Å². The second-order valence-corrected chi connectivity index (χ2v) is 3.97. The van der Waals surface area contributed by atoms with Crippen molar-refractivity contribution in [3.8, 4) is 0 Å². The van der Waals surface area contributed by atoms with Crippen LogP contribution in [0.15, 0.2) is 23.5 Å². The summed E-state index contributed by atoms with van der Waals surface area (Å²) in [7, 11) is 1.68. The van der Waals surface area contributed by atoms with Gasteiger partial charge < -0.3 is 20.6 Å². The molecule has 1 atom stereocenters. The quantitative estimate of drug-likeness (QED) is 0.342. The van der Waals surface area contributed by atoms with E-state index in [-0.39, 0.29) is 11.9 Å². The van der Waals surface area contributed by atoms with Gasteiger partial charge in [-0.3, -0.25) is 4.98 Å². The van der Waals surface area contributed by atoms with Crippen molar-refractivity contribution in [2.45, 2.75) is 19.9 Å². The fourth-order valence-corrected chi connectivity index (χ4v) is 1.87. The average Bonchev–Trinajstić information content (AvgIpc) is 2.39. The number of nitrogens with zero attached hydrogens (tertiary/aromatic N) is 3. The fourth-order valence-electron chi connectivity index (χ4n) is 1.87. The van der Waals surface area contributed by atoms with E-state index in [0.717, 1.165) is 12.2 Å². The number of aromatic nitrogens is 1. The number of hydrogen-bond donors (Lipinski definition) is 2. The fraction of sp³-hybridized carbons (Fsp3) is 0.500. The van der Waals surface area contributed by atoms with Crippen molar-refractivity contribution in [3.63, 3.8) is 0 Å². The van der Waals surface area contributed by atoms with Crippen molar-refractivity contribution in [1.82, 2.24) is 4.98 Å². The van der Waals surface area contributed by atoms with Crippen molar-refractivity contribution in [1.29, 1.82) is 0 Å². The number of pyridine rings is 1. The highest BCUT2D eigenvalue weighted by Crippen LogP contribution is 2.17. The first-order valence-electron chi connectivity index (χ1n) is 5.83. The maximum absolute atomic E-state index is 8.66. The van der Waals surface area contributed by atoms with Gasteiger partial charge in [0.2, 0.25) is 0 Å². The molecule has 0 spiro atoms. The molecule has 0 aliphatic rings. The Balaban J connectivity index is 2.99. The van der Waals surface area contributed by atoms with Crippen molar-refractivity contribution < 1.29 is 9.94 Å². The molecule has 3 N–H and O–H groups in total. The van der Waals surface area contributed by atoms with Gasteiger partial charge in [0.15, 0.2) is 5.84 Å². The van der Waals surface area contributed by atoms with E-state index in [1.54, 1.807) is 19.4 Å². The lowest BCUT2D eigenvalue weighted by Crippen LogP contribution is -2.36. The Morgan fingerprint density at radius 1 is 1.67 bits per heavy atom. The lowest BCUT2D eigenvalue weighted by Gasteiger charge is -2.29. The molecule has 100 valence electrons. The molecule has 1 aromatic heterocycles. The summed E-state index contributed by atoms with van der Waals surface area (Å²) < 4.78 is 5.16. The zero-order valence-electron chi connectivity index (χ0n) is 11.0. The van der Waals surface area contributed by atoms with Crippen LogP contribution in [0, 0.1) is 0 Å². The number of nitrogens with two attached hydrogens (primary N) is 1. The highest BCUT2D eigenvalue weighted by Gasteiger charge is 2.14. The SMILES string of the molecule is CCN(c1ccnc(C(N)=NO)c1)C(C)COC. The van der Waals surface area contributed by atoms with Crippen LogP contribution in [-0.2, 0) is 4.74 Å². The molecule has 6 nitrogen and oxygen atoms in total. The summed E-state index contributed by atoms with van der Waals surface area (Å²) in [5.74, 6) is 0.00676. The highest BCUT2D eigenvalue weighted by molar-refractivity contribution is 5.95. The maximum atomic E-state index is 8.66. The second-order valence-electron chi connectivity index (χ2n) is 3.97. The number of amidine groups is 1. The van der Waals surface area contributed by atoms with Crippen molar-refractivity contribution in [2.75, 3.05) is 25.2 Å². The van der Waals surface area contributed by atoms with Crippen LogP contribution >= 0.6 is 0 Å². The number of oxime groups is 1. The normalized spacial score (nSPS) is 13.4. The number of hydrogen-bond acceptors (Lipinski definition) is 5. The molecule has 0 saturated heterocycles. The first-order valence-corrected chi connectivity index (χ1v) is 5.83. The van der Waals surface area contributed by atoms with Crippen LogP contribution in [0.3, 0.4) is 0 Å². The Morgan fingerprint density at radius 2 is 2.39 bits per heavy atom. The van der Waals surface area contributed by atoms with Gasteiger partial charge in [-0.2, -0.15) is 0 Å². The predicted octanol–water partition coefficient (Wildman–Crippen LogP) is 1.04. The first-order chi connectivity index (χ1) is 8.63. The van der Waals surface area contributed by atoms with Gasteiger partial charge in [0.25, 0.3) is 0 Å². The number of likely N-dealkylation sites (N-methyl/N-ethyl adjacent to an activating group) is 1. The van der Waals surface area contributed by atoms with Crippen LogP contribution in [0.5, 0.6) is 0 Å². The standard InChI is InChI=1S/C12H20N4O2/c1-4-16(9(2)8-18-3)10-5-6-14-11(7-10)12(13)15-17/h5-7,9,17H,4,8H2,1-3H3,(H2,13,15). The van der Waals surface area contributed by atoms with Gasteiger partial charge in [-0.15, -0.1) is 0 Å². The molecule has 1 rings (SSSR count). The zero-order valence-corrected chi connectivity index (χ0v) is 11.0. The van der Waals surface area contributed by atoms with E-state index in [2.05, 4.69) is 28.9 Å². The molecule has 0 fully saturated rings. The van der Waals surface area contributed by atoms with Crippen LogP contribution in [0.4, 0.5) is 5.69 Å². The predicted molar refractivity (Wildman–Crippen MR) is 71.1 cm³/mol. The van der Waals surface area contributed by atoms with Crippen molar-refractivity contribution in [3.05, 3.63) is 24.0 Å². The Hall–Kier alpha value is -1.82. The molecule has 1 unspecified atom stereocenters. The molecule has 1 aromatic rings. The molecule has 0 radical (unpaired) electrons. The highest BCUT2D eigenvalue weighted by atomic mass is 16.5. The van der Waals surface area contributed by atoms with E-state index in [1.165, 1.54) is 0 Å². The van der Waals surface area contributed by atoms with Crippen molar-refractivity contribution in [2.24, 2.45) is 10.9 Å². The smallest absolute Gasteiger partial charge is 0.188 e. The number of methoxy groups -OCH3 is 1. The lowest BCUT2D eigenvalue weighted by atomic mass is 10.2. The van der Waals surface area contributed by atoms with Crippen LogP contribution < -0.4 is 10.6 Å². The molecule has 0 aliphatic heterocycles. The summed E-state index contributed by atoms with van der Waals surface area (Å²) in [6.07, 6.45) is 1.64. The van der Waals surface area contributed by atoms with E-state index < -0.39 is 0 Å². The average molecular weight is 252 g/mol. The Kier molecular flexibility index (Phi) is 5.38. The summed E-state index contributed by atoms with van der Waals surface area (Å²) >= 11 is 0. The van der Waals surface area contributed by atoms with Crippen LogP contribution in [0.2, 0.25) is 0 Å². The second kappa shape index (κ2) is 6.80. The van der Waals surface area contributed by atoms with Crippen LogP contribution in [0.25, 0.3) is 0 Å². The number of rotatable bonds is 6. The zero-order chi connectivity index (χ0) is 13.5. The van der Waals surface area contributed by atoms with E-state index in [9.17, 15) is 0 Å². The van der Waals surface area contributed by atoms with E-state index in [0.29, 0.717) is 12.3 Å². The molecular formula is C12H20N4O2. The van der Waals surface area contributed by atoms with Gasteiger partial charge in [-0.1, -0.05) is 5.16 Å². The summed E-state index contributed by atoms with van der Waals surface area (Å²) in [5, 5.41) is 11.6. The van der Waals surface area contributed by atoms with Gasteiger partial charge in [-0.05, 0) is 26.0 Å². The van der Waals surface area contributed by atoms with Gasteiger partial charge in [0, 0.05) is 31.6 Å².